The standard InChI is InChI=1S/C21H32N2O4S/c1-16-6-5-13-23(14-16)28(25,26)19-11-9-18(10-12-19)22-21(24)15-27-20-8-4-3-7-17(20)2/h9-12,16-17,20H,3-8,13-15H2,1-2H3,(H,22,24). The fourth-order valence-corrected chi connectivity index (χ4v) is 5.73. The second-order valence-electron chi connectivity index (χ2n) is 8.29. The van der Waals surface area contributed by atoms with Crippen LogP contribution in [0.5, 0.6) is 0 Å². The Morgan fingerprint density at radius 2 is 1.82 bits per heavy atom. The minimum atomic E-state index is -3.48. The smallest absolute Gasteiger partial charge is 0.250 e. The van der Waals surface area contributed by atoms with Gasteiger partial charge in [-0.1, -0.05) is 26.7 Å². The molecule has 1 aromatic carbocycles. The average Bonchev–Trinajstić information content (AvgIpc) is 2.68. The highest BCUT2D eigenvalue weighted by Gasteiger charge is 2.28. The maximum atomic E-state index is 12.8. The van der Waals surface area contributed by atoms with E-state index in [-0.39, 0.29) is 23.5 Å². The number of piperidine rings is 1. The fraction of sp³-hybridized carbons (Fsp3) is 0.667. The van der Waals surface area contributed by atoms with Gasteiger partial charge in [0.25, 0.3) is 0 Å². The van der Waals surface area contributed by atoms with Crippen molar-refractivity contribution in [2.45, 2.75) is 63.4 Å². The van der Waals surface area contributed by atoms with Gasteiger partial charge in [-0.25, -0.2) is 8.42 Å². The van der Waals surface area contributed by atoms with Crippen molar-refractivity contribution in [2.75, 3.05) is 25.0 Å². The lowest BCUT2D eigenvalue weighted by Gasteiger charge is -2.30. The Kier molecular flexibility index (Phi) is 7.12. The van der Waals surface area contributed by atoms with Crippen molar-refractivity contribution < 1.29 is 17.9 Å². The number of nitrogens with zero attached hydrogens (tertiary/aromatic N) is 1. The molecular weight excluding hydrogens is 376 g/mol. The lowest BCUT2D eigenvalue weighted by molar-refractivity contribution is -0.124. The van der Waals surface area contributed by atoms with Crippen LogP contribution in [0.1, 0.15) is 52.4 Å². The first kappa shape index (κ1) is 21.3. The number of rotatable bonds is 6. The number of amides is 1. The summed E-state index contributed by atoms with van der Waals surface area (Å²) < 4.78 is 32.9. The Bertz CT molecular complexity index is 763. The van der Waals surface area contributed by atoms with E-state index >= 15 is 0 Å². The third kappa shape index (κ3) is 5.33. The van der Waals surface area contributed by atoms with Gasteiger partial charge < -0.3 is 10.1 Å². The first-order valence-electron chi connectivity index (χ1n) is 10.4. The summed E-state index contributed by atoms with van der Waals surface area (Å²) in [4.78, 5) is 12.4. The zero-order chi connectivity index (χ0) is 20.1. The molecule has 28 heavy (non-hydrogen) atoms. The third-order valence-corrected chi connectivity index (χ3v) is 7.74. The van der Waals surface area contributed by atoms with E-state index in [0.717, 1.165) is 32.1 Å². The second kappa shape index (κ2) is 9.37. The van der Waals surface area contributed by atoms with Crippen LogP contribution < -0.4 is 5.32 Å². The van der Waals surface area contributed by atoms with Gasteiger partial charge in [-0.3, -0.25) is 4.79 Å². The van der Waals surface area contributed by atoms with Crippen molar-refractivity contribution in [1.29, 1.82) is 0 Å². The van der Waals surface area contributed by atoms with Gasteiger partial charge >= 0.3 is 0 Å². The number of hydrogen-bond acceptors (Lipinski definition) is 4. The molecule has 0 spiro atoms. The van der Waals surface area contributed by atoms with Crippen molar-refractivity contribution >= 4 is 21.6 Å². The Labute approximate surface area is 168 Å². The summed E-state index contributed by atoms with van der Waals surface area (Å²) in [5, 5.41) is 2.79. The molecule has 7 heteroatoms. The van der Waals surface area contributed by atoms with E-state index in [2.05, 4.69) is 19.2 Å². The summed E-state index contributed by atoms with van der Waals surface area (Å²) in [6.45, 7) is 5.42. The van der Waals surface area contributed by atoms with E-state index in [1.165, 1.54) is 6.42 Å². The first-order valence-corrected chi connectivity index (χ1v) is 11.8. The highest BCUT2D eigenvalue weighted by molar-refractivity contribution is 7.89. The molecule has 3 rings (SSSR count). The summed E-state index contributed by atoms with van der Waals surface area (Å²) in [5.74, 6) is 0.663. The normalized spacial score (nSPS) is 26.7. The number of anilines is 1. The van der Waals surface area contributed by atoms with Crippen LogP contribution in [0.4, 0.5) is 5.69 Å². The van der Waals surface area contributed by atoms with Gasteiger partial charge in [0, 0.05) is 18.8 Å². The van der Waals surface area contributed by atoms with E-state index in [9.17, 15) is 13.2 Å². The van der Waals surface area contributed by atoms with Gasteiger partial charge in [-0.15, -0.1) is 0 Å². The summed E-state index contributed by atoms with van der Waals surface area (Å²) in [5.41, 5.74) is 0.580. The molecule has 0 radical (unpaired) electrons. The van der Waals surface area contributed by atoms with Crippen LogP contribution in [0.15, 0.2) is 29.2 Å². The highest BCUT2D eigenvalue weighted by Crippen LogP contribution is 2.26. The van der Waals surface area contributed by atoms with Gasteiger partial charge in [-0.2, -0.15) is 4.31 Å². The van der Waals surface area contributed by atoms with E-state index < -0.39 is 10.0 Å². The van der Waals surface area contributed by atoms with Gasteiger partial charge in [-0.05, 0) is 61.8 Å². The maximum absolute atomic E-state index is 12.8. The molecule has 1 aliphatic heterocycles. The molecule has 6 nitrogen and oxygen atoms in total. The molecule has 0 bridgehead atoms. The van der Waals surface area contributed by atoms with Crippen molar-refractivity contribution in [3.8, 4) is 0 Å². The molecule has 156 valence electrons. The number of carbonyl (C=O) groups excluding carboxylic acids is 1. The quantitative estimate of drug-likeness (QED) is 0.780. The van der Waals surface area contributed by atoms with Gasteiger partial charge in [0.1, 0.15) is 6.61 Å². The largest absolute Gasteiger partial charge is 0.368 e. The number of sulfonamides is 1. The zero-order valence-electron chi connectivity index (χ0n) is 16.9. The number of nitrogens with one attached hydrogen (secondary N) is 1. The molecule has 0 aromatic heterocycles. The lowest BCUT2D eigenvalue weighted by Crippen LogP contribution is -2.39. The second-order valence-corrected chi connectivity index (χ2v) is 10.2. The third-order valence-electron chi connectivity index (χ3n) is 5.86. The Morgan fingerprint density at radius 3 is 2.50 bits per heavy atom. The Balaban J connectivity index is 1.54. The summed E-state index contributed by atoms with van der Waals surface area (Å²) >= 11 is 0. The van der Waals surface area contributed by atoms with Crippen molar-refractivity contribution in [3.63, 3.8) is 0 Å². The van der Waals surface area contributed by atoms with Gasteiger partial charge in [0.2, 0.25) is 15.9 Å². The van der Waals surface area contributed by atoms with E-state index in [4.69, 9.17) is 4.74 Å². The minimum absolute atomic E-state index is 0.0285. The molecule has 1 amide bonds. The lowest BCUT2D eigenvalue weighted by atomic mass is 9.88. The van der Waals surface area contributed by atoms with E-state index in [0.29, 0.717) is 30.6 Å². The molecule has 1 saturated carbocycles. The number of hydrogen-bond donors (Lipinski definition) is 1. The summed E-state index contributed by atoms with van der Waals surface area (Å²) in [6, 6.07) is 6.41. The number of benzene rings is 1. The monoisotopic (exact) mass is 408 g/mol. The molecule has 1 N–H and O–H groups in total. The summed E-state index contributed by atoms with van der Waals surface area (Å²) in [7, 11) is -3.48. The van der Waals surface area contributed by atoms with E-state index in [1.54, 1.807) is 28.6 Å². The van der Waals surface area contributed by atoms with Crippen molar-refractivity contribution in [3.05, 3.63) is 24.3 Å². The summed E-state index contributed by atoms with van der Waals surface area (Å²) in [6.07, 6.45) is 6.67. The zero-order valence-corrected chi connectivity index (χ0v) is 17.7. The van der Waals surface area contributed by atoms with Crippen molar-refractivity contribution in [2.24, 2.45) is 11.8 Å². The molecule has 2 aliphatic rings. The Hall–Kier alpha value is -1.44. The predicted octanol–water partition coefficient (Wildman–Crippen LogP) is 3.64. The van der Waals surface area contributed by atoms with Crippen molar-refractivity contribution in [1.82, 2.24) is 4.31 Å². The maximum Gasteiger partial charge on any atom is 0.250 e. The average molecular weight is 409 g/mol. The van der Waals surface area contributed by atoms with Crippen LogP contribution in [0.3, 0.4) is 0 Å². The van der Waals surface area contributed by atoms with Crippen LogP contribution in [0, 0.1) is 11.8 Å². The minimum Gasteiger partial charge on any atom is -0.368 e. The molecule has 1 aromatic rings. The molecule has 3 unspecified atom stereocenters. The molecular formula is C21H32N2O4S. The van der Waals surface area contributed by atoms with E-state index in [1.807, 2.05) is 0 Å². The first-order chi connectivity index (χ1) is 13.4. The van der Waals surface area contributed by atoms with Crippen LogP contribution in [0.25, 0.3) is 0 Å². The molecule has 3 atom stereocenters. The Morgan fingerprint density at radius 1 is 1.11 bits per heavy atom. The molecule has 1 saturated heterocycles. The highest BCUT2D eigenvalue weighted by atomic mass is 32.2. The predicted molar refractivity (Wildman–Crippen MR) is 110 cm³/mol. The van der Waals surface area contributed by atoms with Crippen LogP contribution in [0.2, 0.25) is 0 Å². The van der Waals surface area contributed by atoms with Crippen LogP contribution in [-0.4, -0.2) is 44.4 Å². The van der Waals surface area contributed by atoms with Gasteiger partial charge in [0.15, 0.2) is 0 Å². The fourth-order valence-electron chi connectivity index (χ4n) is 4.13. The van der Waals surface area contributed by atoms with Crippen LogP contribution in [-0.2, 0) is 19.6 Å². The number of carbonyl (C=O) groups is 1. The van der Waals surface area contributed by atoms with Crippen LogP contribution >= 0.6 is 0 Å². The SMILES string of the molecule is CC1CCCN(S(=O)(=O)c2ccc(NC(=O)COC3CCCCC3C)cc2)C1. The molecule has 1 aliphatic carbocycles. The number of ether oxygens (including phenoxy) is 1. The topological polar surface area (TPSA) is 75.7 Å². The molecule has 2 fully saturated rings. The molecule has 1 heterocycles. The van der Waals surface area contributed by atoms with Gasteiger partial charge in [0.05, 0.1) is 11.0 Å².